The molecule has 0 atom stereocenters. The molecule has 0 N–H and O–H groups in total. The minimum Gasteiger partial charge on any atom is -0.353 e. The van der Waals surface area contributed by atoms with E-state index in [1.54, 1.807) is 21.6 Å². The fraction of sp³-hybridized carbons (Fsp3) is 0.333. The maximum atomic E-state index is 13.7. The first-order chi connectivity index (χ1) is 17.4. The third-order valence-electron chi connectivity index (χ3n) is 6.79. The number of nitrogens with zero attached hydrogens (tertiary/aromatic N) is 5. The normalized spacial score (nSPS) is 18.1. The molecule has 2 aliphatic rings. The zero-order valence-corrected chi connectivity index (χ0v) is 22.4. The summed E-state index contributed by atoms with van der Waals surface area (Å²) in [6.07, 6.45) is 3.43. The molecule has 5 rings (SSSR count). The number of fused-ring (bicyclic) bond motifs is 1. The molecule has 2 aliphatic heterocycles. The number of thiocarbonyl (C=S) groups is 1. The molecule has 0 saturated carbocycles. The van der Waals surface area contributed by atoms with E-state index < -0.39 is 0 Å². The average Bonchev–Trinajstić information content (AvgIpc) is 3.14. The maximum Gasteiger partial charge on any atom is 0.267 e. The Morgan fingerprint density at radius 3 is 2.47 bits per heavy atom. The van der Waals surface area contributed by atoms with Crippen LogP contribution in [0.25, 0.3) is 11.7 Å². The third-order valence-corrected chi connectivity index (χ3v) is 8.17. The molecule has 2 aromatic heterocycles. The SMILES string of the molecule is CCN1CCN(c2nc3c(C)cccn3c(=O)c2C=C2SC(=S)N(Cc3ccc(C)cc3)C2=O)CC1. The number of piperazine rings is 1. The topological polar surface area (TPSA) is 61.2 Å². The highest BCUT2D eigenvalue weighted by Gasteiger charge is 2.33. The number of anilines is 1. The number of carbonyl (C=O) groups excluding carboxylic acids is 1. The highest BCUT2D eigenvalue weighted by atomic mass is 32.2. The predicted octanol–water partition coefficient (Wildman–Crippen LogP) is 3.85. The molecular weight excluding hydrogens is 490 g/mol. The van der Waals surface area contributed by atoms with Gasteiger partial charge in [-0.1, -0.05) is 66.8 Å². The van der Waals surface area contributed by atoms with Crippen molar-refractivity contribution in [1.29, 1.82) is 0 Å². The molecule has 4 heterocycles. The number of likely N-dealkylation sites (N-methyl/N-ethyl adjacent to an activating group) is 1. The van der Waals surface area contributed by atoms with Crippen molar-refractivity contribution in [3.8, 4) is 0 Å². The summed E-state index contributed by atoms with van der Waals surface area (Å²) < 4.78 is 2.06. The molecule has 0 radical (unpaired) electrons. The minimum atomic E-state index is -0.180. The molecule has 2 saturated heterocycles. The van der Waals surface area contributed by atoms with Crippen LogP contribution in [0.15, 0.2) is 52.3 Å². The van der Waals surface area contributed by atoms with E-state index in [0.717, 1.165) is 49.4 Å². The monoisotopic (exact) mass is 519 g/mol. The first-order valence-corrected chi connectivity index (χ1v) is 13.4. The van der Waals surface area contributed by atoms with Gasteiger partial charge in [0.25, 0.3) is 11.5 Å². The number of aromatic nitrogens is 2. The number of benzene rings is 1. The van der Waals surface area contributed by atoms with Crippen LogP contribution in [0.2, 0.25) is 0 Å². The Kier molecular flexibility index (Phi) is 6.96. The molecule has 186 valence electrons. The maximum absolute atomic E-state index is 13.7. The van der Waals surface area contributed by atoms with E-state index in [2.05, 4.69) is 16.7 Å². The quantitative estimate of drug-likeness (QED) is 0.375. The Balaban J connectivity index is 1.54. The highest BCUT2D eigenvalue weighted by Crippen LogP contribution is 2.34. The Hall–Kier alpha value is -3.01. The molecule has 9 heteroatoms. The number of hydrogen-bond donors (Lipinski definition) is 0. The van der Waals surface area contributed by atoms with Crippen molar-refractivity contribution in [2.75, 3.05) is 37.6 Å². The van der Waals surface area contributed by atoms with Crippen LogP contribution in [0.5, 0.6) is 0 Å². The lowest BCUT2D eigenvalue weighted by atomic mass is 10.1. The van der Waals surface area contributed by atoms with E-state index in [-0.39, 0.29) is 11.5 Å². The van der Waals surface area contributed by atoms with E-state index in [1.807, 2.05) is 50.2 Å². The zero-order chi connectivity index (χ0) is 25.4. The molecule has 0 unspecified atom stereocenters. The van der Waals surface area contributed by atoms with Crippen LogP contribution in [0.1, 0.15) is 29.2 Å². The second kappa shape index (κ2) is 10.2. The van der Waals surface area contributed by atoms with Crippen molar-refractivity contribution in [3.05, 3.63) is 80.1 Å². The van der Waals surface area contributed by atoms with Crippen LogP contribution in [0.3, 0.4) is 0 Å². The van der Waals surface area contributed by atoms with Gasteiger partial charge in [0.15, 0.2) is 0 Å². The summed E-state index contributed by atoms with van der Waals surface area (Å²) in [4.78, 5) is 38.7. The summed E-state index contributed by atoms with van der Waals surface area (Å²) in [6, 6.07) is 11.9. The van der Waals surface area contributed by atoms with Crippen LogP contribution in [-0.4, -0.2) is 62.1 Å². The summed E-state index contributed by atoms with van der Waals surface area (Å²) in [5.41, 5.74) is 3.99. The number of amides is 1. The van der Waals surface area contributed by atoms with Crippen molar-refractivity contribution in [1.82, 2.24) is 19.2 Å². The van der Waals surface area contributed by atoms with Crippen molar-refractivity contribution < 1.29 is 4.79 Å². The van der Waals surface area contributed by atoms with E-state index in [9.17, 15) is 9.59 Å². The van der Waals surface area contributed by atoms with E-state index in [0.29, 0.717) is 32.8 Å². The van der Waals surface area contributed by atoms with Gasteiger partial charge in [0.05, 0.1) is 17.0 Å². The van der Waals surface area contributed by atoms with Crippen molar-refractivity contribution in [2.45, 2.75) is 27.3 Å². The summed E-state index contributed by atoms with van der Waals surface area (Å²) in [7, 11) is 0. The van der Waals surface area contributed by atoms with Crippen LogP contribution in [0, 0.1) is 13.8 Å². The Bertz CT molecular complexity index is 1420. The lowest BCUT2D eigenvalue weighted by Crippen LogP contribution is -2.47. The van der Waals surface area contributed by atoms with Crippen molar-refractivity contribution in [2.24, 2.45) is 0 Å². The second-order valence-corrected chi connectivity index (χ2v) is 10.9. The Morgan fingerprint density at radius 2 is 1.78 bits per heavy atom. The van der Waals surface area contributed by atoms with Gasteiger partial charge >= 0.3 is 0 Å². The molecule has 7 nitrogen and oxygen atoms in total. The van der Waals surface area contributed by atoms with Crippen LogP contribution < -0.4 is 10.5 Å². The summed E-state index contributed by atoms with van der Waals surface area (Å²) in [5, 5.41) is 0. The van der Waals surface area contributed by atoms with Gasteiger partial charge in [-0.15, -0.1) is 0 Å². The number of rotatable bonds is 5. The van der Waals surface area contributed by atoms with Crippen molar-refractivity contribution >= 4 is 51.7 Å². The number of thioether (sulfide) groups is 1. The number of aryl methyl sites for hydroxylation is 2. The van der Waals surface area contributed by atoms with E-state index in [4.69, 9.17) is 17.2 Å². The Labute approximate surface area is 220 Å². The van der Waals surface area contributed by atoms with Gasteiger partial charge in [-0.3, -0.25) is 18.9 Å². The number of pyridine rings is 1. The van der Waals surface area contributed by atoms with Gasteiger partial charge in [-0.05, 0) is 43.7 Å². The van der Waals surface area contributed by atoms with Gasteiger partial charge in [0.1, 0.15) is 15.8 Å². The van der Waals surface area contributed by atoms with Gasteiger partial charge in [0.2, 0.25) is 0 Å². The Morgan fingerprint density at radius 1 is 1.06 bits per heavy atom. The van der Waals surface area contributed by atoms with E-state index >= 15 is 0 Å². The fourth-order valence-electron chi connectivity index (χ4n) is 4.59. The molecule has 3 aromatic rings. The minimum absolute atomic E-state index is 0.180. The first-order valence-electron chi connectivity index (χ1n) is 12.2. The third kappa shape index (κ3) is 4.70. The summed E-state index contributed by atoms with van der Waals surface area (Å²) >= 11 is 6.80. The van der Waals surface area contributed by atoms with Gasteiger partial charge in [-0.25, -0.2) is 4.98 Å². The largest absolute Gasteiger partial charge is 0.353 e. The fourth-order valence-corrected chi connectivity index (χ4v) is 5.82. The van der Waals surface area contributed by atoms with E-state index in [1.165, 1.54) is 11.8 Å². The lowest BCUT2D eigenvalue weighted by molar-refractivity contribution is -0.122. The van der Waals surface area contributed by atoms with Gasteiger partial charge in [0, 0.05) is 32.4 Å². The zero-order valence-electron chi connectivity index (χ0n) is 20.7. The molecule has 1 aromatic carbocycles. The summed E-state index contributed by atoms with van der Waals surface area (Å²) in [6.45, 7) is 10.9. The van der Waals surface area contributed by atoms with Crippen molar-refractivity contribution in [3.63, 3.8) is 0 Å². The standard InChI is InChI=1S/C27H29N5O2S2/c1-4-29-12-14-30(15-13-29)24-21(25(33)31-11-5-6-19(3)23(31)28-24)16-22-26(34)32(27(35)36-22)17-20-9-7-18(2)8-10-20/h5-11,16H,4,12-15,17H2,1-3H3. The van der Waals surface area contributed by atoms with Crippen LogP contribution >= 0.6 is 24.0 Å². The molecule has 2 fully saturated rings. The molecule has 0 aliphatic carbocycles. The second-order valence-electron chi connectivity index (χ2n) is 9.21. The molecule has 1 amide bonds. The van der Waals surface area contributed by atoms with Crippen LogP contribution in [-0.2, 0) is 11.3 Å². The molecule has 0 spiro atoms. The summed E-state index contributed by atoms with van der Waals surface area (Å²) in [5.74, 6) is 0.454. The first kappa shape index (κ1) is 24.7. The molecule has 0 bridgehead atoms. The molecule has 36 heavy (non-hydrogen) atoms. The van der Waals surface area contributed by atoms with Gasteiger partial charge < -0.3 is 9.80 Å². The average molecular weight is 520 g/mol. The number of hydrogen-bond acceptors (Lipinski definition) is 7. The predicted molar refractivity (Wildman–Crippen MR) is 150 cm³/mol. The van der Waals surface area contributed by atoms with Gasteiger partial charge in [-0.2, -0.15) is 0 Å². The highest BCUT2D eigenvalue weighted by molar-refractivity contribution is 8.26. The van der Waals surface area contributed by atoms with Crippen LogP contribution in [0.4, 0.5) is 5.82 Å². The lowest BCUT2D eigenvalue weighted by Gasteiger charge is -2.35. The smallest absolute Gasteiger partial charge is 0.267 e. The number of carbonyl (C=O) groups is 1. The molecular formula is C27H29N5O2S2.